The van der Waals surface area contributed by atoms with Gasteiger partial charge >= 0.3 is 0 Å². The number of amides is 1. The Morgan fingerprint density at radius 3 is 2.81 bits per heavy atom. The van der Waals surface area contributed by atoms with Crippen LogP contribution in [0.5, 0.6) is 0 Å². The summed E-state index contributed by atoms with van der Waals surface area (Å²) in [5.74, 6) is 0.0535. The molecule has 1 aliphatic heterocycles. The summed E-state index contributed by atoms with van der Waals surface area (Å²) in [4.78, 5) is 14.5. The van der Waals surface area contributed by atoms with E-state index in [1.54, 1.807) is 11.3 Å². The van der Waals surface area contributed by atoms with Crippen molar-refractivity contribution in [1.29, 1.82) is 0 Å². The van der Waals surface area contributed by atoms with Crippen molar-refractivity contribution in [2.75, 3.05) is 19.8 Å². The van der Waals surface area contributed by atoms with Gasteiger partial charge in [0.2, 0.25) is 5.91 Å². The van der Waals surface area contributed by atoms with E-state index < -0.39 is 0 Å². The minimum Gasteiger partial charge on any atom is -0.381 e. The summed E-state index contributed by atoms with van der Waals surface area (Å²) in [5, 5.41) is 3.05. The van der Waals surface area contributed by atoms with Gasteiger partial charge in [-0.05, 0) is 45.2 Å². The maximum Gasteiger partial charge on any atom is 0.222 e. The summed E-state index contributed by atoms with van der Waals surface area (Å²) >= 11 is 1.77. The van der Waals surface area contributed by atoms with Gasteiger partial charge in [0.25, 0.3) is 0 Å². The Kier molecular flexibility index (Phi) is 6.21. The van der Waals surface area contributed by atoms with Crippen molar-refractivity contribution < 1.29 is 14.3 Å². The van der Waals surface area contributed by atoms with E-state index in [4.69, 9.17) is 9.47 Å². The first-order valence-electron chi connectivity index (χ1n) is 7.62. The third-order valence-electron chi connectivity index (χ3n) is 3.77. The van der Waals surface area contributed by atoms with Crippen LogP contribution in [0.25, 0.3) is 0 Å². The van der Waals surface area contributed by atoms with E-state index in [0.717, 1.165) is 26.1 Å². The Labute approximate surface area is 130 Å². The van der Waals surface area contributed by atoms with Crippen LogP contribution < -0.4 is 5.32 Å². The molecule has 5 heteroatoms. The van der Waals surface area contributed by atoms with Crippen molar-refractivity contribution in [2.24, 2.45) is 0 Å². The smallest absolute Gasteiger partial charge is 0.222 e. The summed E-state index contributed by atoms with van der Waals surface area (Å²) in [5.41, 5.74) is 1.22. The molecule has 0 radical (unpaired) electrons. The molecule has 0 saturated carbocycles. The van der Waals surface area contributed by atoms with Crippen LogP contribution in [0.1, 0.15) is 47.5 Å². The van der Waals surface area contributed by atoms with Crippen LogP contribution in [-0.2, 0) is 14.3 Å². The standard InChI is InChI=1S/C16H25NO3S/c1-11-10-15(13(3)21-11)12(2)17-16(18)6-9-20-14-4-7-19-8-5-14/h10,12,14H,4-9H2,1-3H3,(H,17,18)/t12-/m1/s1. The summed E-state index contributed by atoms with van der Waals surface area (Å²) in [6.45, 7) is 8.26. The normalized spacial score (nSPS) is 17.7. The highest BCUT2D eigenvalue weighted by molar-refractivity contribution is 7.12. The Bertz CT molecular complexity index is 466. The van der Waals surface area contributed by atoms with Crippen LogP contribution in [0.4, 0.5) is 0 Å². The number of thiophene rings is 1. The quantitative estimate of drug-likeness (QED) is 0.878. The predicted molar refractivity (Wildman–Crippen MR) is 84.8 cm³/mol. The Morgan fingerprint density at radius 2 is 2.19 bits per heavy atom. The lowest BCUT2D eigenvalue weighted by Gasteiger charge is -2.22. The molecule has 1 atom stereocenters. The number of carbonyl (C=O) groups excluding carboxylic acids is 1. The van der Waals surface area contributed by atoms with E-state index in [9.17, 15) is 4.79 Å². The van der Waals surface area contributed by atoms with Crippen molar-refractivity contribution in [3.8, 4) is 0 Å². The highest BCUT2D eigenvalue weighted by Crippen LogP contribution is 2.26. The van der Waals surface area contributed by atoms with E-state index in [1.165, 1.54) is 15.3 Å². The molecule has 1 saturated heterocycles. The third-order valence-corrected chi connectivity index (χ3v) is 4.76. The van der Waals surface area contributed by atoms with E-state index in [0.29, 0.717) is 13.0 Å². The first kappa shape index (κ1) is 16.5. The van der Waals surface area contributed by atoms with Gasteiger partial charge < -0.3 is 14.8 Å². The number of hydrogen-bond acceptors (Lipinski definition) is 4. The molecule has 1 fully saturated rings. The number of aryl methyl sites for hydroxylation is 2. The second-order valence-corrected chi connectivity index (χ2v) is 7.05. The molecule has 1 aromatic rings. The van der Waals surface area contributed by atoms with Crippen molar-refractivity contribution in [3.05, 3.63) is 21.4 Å². The molecule has 2 heterocycles. The fourth-order valence-corrected chi connectivity index (χ4v) is 3.66. The maximum atomic E-state index is 12.0. The lowest BCUT2D eigenvalue weighted by Crippen LogP contribution is -2.29. The van der Waals surface area contributed by atoms with Gasteiger partial charge in [0.15, 0.2) is 0 Å². The first-order valence-corrected chi connectivity index (χ1v) is 8.43. The second kappa shape index (κ2) is 7.92. The molecule has 0 bridgehead atoms. The minimum absolute atomic E-state index is 0.0535. The van der Waals surface area contributed by atoms with E-state index in [1.807, 2.05) is 6.92 Å². The van der Waals surface area contributed by atoms with Crippen LogP contribution in [-0.4, -0.2) is 31.8 Å². The fraction of sp³-hybridized carbons (Fsp3) is 0.688. The monoisotopic (exact) mass is 311 g/mol. The van der Waals surface area contributed by atoms with Crippen LogP contribution in [0.3, 0.4) is 0 Å². The van der Waals surface area contributed by atoms with Gasteiger partial charge in [0, 0.05) is 29.4 Å². The fourth-order valence-electron chi connectivity index (χ4n) is 2.63. The predicted octanol–water partition coefficient (Wildman–Crippen LogP) is 3.13. The largest absolute Gasteiger partial charge is 0.381 e. The molecule has 1 aliphatic rings. The van der Waals surface area contributed by atoms with Gasteiger partial charge in [0.05, 0.1) is 18.8 Å². The Hall–Kier alpha value is -0.910. The van der Waals surface area contributed by atoms with Crippen molar-refractivity contribution in [2.45, 2.75) is 52.2 Å². The van der Waals surface area contributed by atoms with Crippen LogP contribution >= 0.6 is 11.3 Å². The number of ether oxygens (including phenoxy) is 2. The van der Waals surface area contributed by atoms with E-state index in [-0.39, 0.29) is 18.1 Å². The maximum absolute atomic E-state index is 12.0. The second-order valence-electron chi connectivity index (χ2n) is 5.59. The molecule has 0 aromatic carbocycles. The number of carbonyl (C=O) groups is 1. The van der Waals surface area contributed by atoms with Gasteiger partial charge in [-0.25, -0.2) is 0 Å². The van der Waals surface area contributed by atoms with Gasteiger partial charge in [0.1, 0.15) is 0 Å². The average Bonchev–Trinajstić information content (AvgIpc) is 2.79. The number of rotatable bonds is 6. The van der Waals surface area contributed by atoms with Crippen molar-refractivity contribution in [1.82, 2.24) is 5.32 Å². The minimum atomic E-state index is 0.0535. The first-order chi connectivity index (χ1) is 10.1. The Balaban J connectivity index is 1.70. The zero-order valence-electron chi connectivity index (χ0n) is 13.1. The van der Waals surface area contributed by atoms with Crippen LogP contribution in [0.15, 0.2) is 6.07 Å². The van der Waals surface area contributed by atoms with Gasteiger partial charge in [-0.15, -0.1) is 11.3 Å². The molecule has 1 amide bonds. The van der Waals surface area contributed by atoms with Crippen molar-refractivity contribution >= 4 is 17.2 Å². The molecule has 21 heavy (non-hydrogen) atoms. The summed E-state index contributed by atoms with van der Waals surface area (Å²) < 4.78 is 11.0. The SMILES string of the molecule is Cc1cc([C@@H](C)NC(=O)CCOC2CCOCC2)c(C)s1. The third kappa shape index (κ3) is 5.09. The molecule has 1 N–H and O–H groups in total. The topological polar surface area (TPSA) is 47.6 Å². The van der Waals surface area contributed by atoms with E-state index in [2.05, 4.69) is 25.2 Å². The molecule has 4 nitrogen and oxygen atoms in total. The lowest BCUT2D eigenvalue weighted by molar-refractivity contribution is -0.123. The highest BCUT2D eigenvalue weighted by Gasteiger charge is 2.16. The van der Waals surface area contributed by atoms with Crippen molar-refractivity contribution in [3.63, 3.8) is 0 Å². The lowest BCUT2D eigenvalue weighted by atomic mass is 10.1. The van der Waals surface area contributed by atoms with Gasteiger partial charge in [-0.1, -0.05) is 0 Å². The zero-order chi connectivity index (χ0) is 15.2. The molecule has 0 aliphatic carbocycles. The molecular weight excluding hydrogens is 286 g/mol. The zero-order valence-corrected chi connectivity index (χ0v) is 13.9. The number of hydrogen-bond donors (Lipinski definition) is 1. The molecule has 118 valence electrons. The molecular formula is C16H25NO3S. The van der Waals surface area contributed by atoms with Crippen LogP contribution in [0.2, 0.25) is 0 Å². The highest BCUT2D eigenvalue weighted by atomic mass is 32.1. The molecule has 2 rings (SSSR count). The summed E-state index contributed by atoms with van der Waals surface area (Å²) in [6, 6.07) is 2.22. The Morgan fingerprint density at radius 1 is 1.48 bits per heavy atom. The summed E-state index contributed by atoms with van der Waals surface area (Å²) in [7, 11) is 0. The van der Waals surface area contributed by atoms with E-state index >= 15 is 0 Å². The van der Waals surface area contributed by atoms with Gasteiger partial charge in [-0.3, -0.25) is 4.79 Å². The molecule has 0 spiro atoms. The average molecular weight is 311 g/mol. The molecule has 0 unspecified atom stereocenters. The van der Waals surface area contributed by atoms with Crippen LogP contribution in [0, 0.1) is 13.8 Å². The number of nitrogens with one attached hydrogen (secondary N) is 1. The summed E-state index contributed by atoms with van der Waals surface area (Å²) in [6.07, 6.45) is 2.55. The van der Waals surface area contributed by atoms with Gasteiger partial charge in [-0.2, -0.15) is 0 Å². The molecule has 1 aromatic heterocycles.